The molecule has 0 unspecified atom stereocenters. The molecule has 96 valence electrons. The van der Waals surface area contributed by atoms with E-state index in [9.17, 15) is 4.79 Å². The fourth-order valence-corrected chi connectivity index (χ4v) is 1.42. The van der Waals surface area contributed by atoms with Crippen molar-refractivity contribution in [3.63, 3.8) is 0 Å². The fourth-order valence-electron chi connectivity index (χ4n) is 1.42. The molecule has 17 heavy (non-hydrogen) atoms. The van der Waals surface area contributed by atoms with Gasteiger partial charge in [-0.15, -0.1) is 0 Å². The molecule has 0 aliphatic rings. The average Bonchev–Trinajstić information content (AvgIpc) is 2.66. The van der Waals surface area contributed by atoms with E-state index in [1.807, 2.05) is 0 Å². The van der Waals surface area contributed by atoms with Crippen LogP contribution in [-0.2, 0) is 10.2 Å². The van der Waals surface area contributed by atoms with E-state index in [2.05, 4.69) is 38.2 Å². The zero-order valence-electron chi connectivity index (χ0n) is 11.2. The normalized spacial score (nSPS) is 11.5. The maximum atomic E-state index is 11.5. The van der Waals surface area contributed by atoms with Crippen LogP contribution in [0.5, 0.6) is 0 Å². The molecule has 1 rings (SSSR count). The summed E-state index contributed by atoms with van der Waals surface area (Å²) < 4.78 is 5.09. The Hall–Kier alpha value is -1.32. The highest BCUT2D eigenvalue weighted by Crippen LogP contribution is 2.23. The summed E-state index contributed by atoms with van der Waals surface area (Å²) in [5.74, 6) is 0.437. The van der Waals surface area contributed by atoms with Gasteiger partial charge in [-0.3, -0.25) is 10.1 Å². The molecule has 1 N–H and O–H groups in total. The van der Waals surface area contributed by atoms with E-state index in [0.29, 0.717) is 12.3 Å². The van der Waals surface area contributed by atoms with E-state index >= 15 is 0 Å². The van der Waals surface area contributed by atoms with Gasteiger partial charge in [0.15, 0.2) is 0 Å². The first-order valence-electron chi connectivity index (χ1n) is 6.20. The lowest BCUT2D eigenvalue weighted by Gasteiger charge is -2.12. The quantitative estimate of drug-likeness (QED) is 0.799. The molecule has 0 aliphatic carbocycles. The maximum absolute atomic E-state index is 11.5. The Bertz CT molecular complexity index is 364. The van der Waals surface area contributed by atoms with Gasteiger partial charge in [0.05, 0.1) is 5.69 Å². The van der Waals surface area contributed by atoms with Gasteiger partial charge in [-0.05, 0) is 6.42 Å². The Kier molecular flexibility index (Phi) is 4.73. The zero-order valence-corrected chi connectivity index (χ0v) is 11.2. The second kappa shape index (κ2) is 5.84. The minimum absolute atomic E-state index is 0.00457. The Labute approximate surface area is 103 Å². The van der Waals surface area contributed by atoms with Crippen LogP contribution < -0.4 is 5.32 Å². The van der Waals surface area contributed by atoms with E-state index < -0.39 is 0 Å². The summed E-state index contributed by atoms with van der Waals surface area (Å²) in [5.41, 5.74) is 0.788. The third kappa shape index (κ3) is 4.59. The number of nitrogens with one attached hydrogen (secondary N) is 1. The predicted molar refractivity (Wildman–Crippen MR) is 68.0 cm³/mol. The van der Waals surface area contributed by atoms with Crippen LogP contribution in [0.1, 0.15) is 59.1 Å². The smallest absolute Gasteiger partial charge is 0.231 e. The van der Waals surface area contributed by atoms with Gasteiger partial charge in [-0.1, -0.05) is 45.7 Å². The molecule has 0 fully saturated rings. The molecule has 0 radical (unpaired) electrons. The third-order valence-electron chi connectivity index (χ3n) is 2.55. The van der Waals surface area contributed by atoms with Crippen LogP contribution in [0.2, 0.25) is 0 Å². The summed E-state index contributed by atoms with van der Waals surface area (Å²) in [4.78, 5) is 11.5. The lowest BCUT2D eigenvalue weighted by Crippen LogP contribution is -2.12. The van der Waals surface area contributed by atoms with E-state index in [0.717, 1.165) is 25.0 Å². The standard InChI is InChI=1S/C13H22N2O2/c1-5-6-7-8-11(16)14-12-9-10(15-17-12)13(2,3)4/h9H,5-8H2,1-4H3,(H,14,16). The van der Waals surface area contributed by atoms with Crippen LogP contribution in [0.15, 0.2) is 10.6 Å². The molecule has 0 saturated carbocycles. The van der Waals surface area contributed by atoms with Crippen LogP contribution in [0.25, 0.3) is 0 Å². The van der Waals surface area contributed by atoms with Crippen LogP contribution in [0.4, 0.5) is 5.88 Å². The van der Waals surface area contributed by atoms with Gasteiger partial charge in [-0.25, -0.2) is 0 Å². The summed E-state index contributed by atoms with van der Waals surface area (Å²) in [6.45, 7) is 8.27. The molecule has 0 saturated heterocycles. The Morgan fingerprint density at radius 3 is 2.65 bits per heavy atom. The molecule has 0 aliphatic heterocycles. The molecule has 0 atom stereocenters. The second-order valence-corrected chi connectivity index (χ2v) is 5.33. The molecular formula is C13H22N2O2. The first-order chi connectivity index (χ1) is 7.93. The number of amides is 1. The first-order valence-corrected chi connectivity index (χ1v) is 6.20. The number of hydrogen-bond acceptors (Lipinski definition) is 3. The first kappa shape index (κ1) is 13.7. The lowest BCUT2D eigenvalue weighted by molar-refractivity contribution is -0.116. The van der Waals surface area contributed by atoms with Gasteiger partial charge in [0.2, 0.25) is 11.8 Å². The number of unbranched alkanes of at least 4 members (excludes halogenated alkanes) is 2. The highest BCUT2D eigenvalue weighted by Gasteiger charge is 2.19. The van der Waals surface area contributed by atoms with Crippen molar-refractivity contribution < 1.29 is 9.32 Å². The molecule has 1 amide bonds. The molecular weight excluding hydrogens is 216 g/mol. The maximum Gasteiger partial charge on any atom is 0.231 e. The van der Waals surface area contributed by atoms with Crippen LogP contribution >= 0.6 is 0 Å². The van der Waals surface area contributed by atoms with E-state index in [1.54, 1.807) is 6.07 Å². The fraction of sp³-hybridized carbons (Fsp3) is 0.692. The van der Waals surface area contributed by atoms with Crippen molar-refractivity contribution >= 4 is 11.8 Å². The Morgan fingerprint density at radius 2 is 2.12 bits per heavy atom. The van der Waals surface area contributed by atoms with Gasteiger partial charge in [0, 0.05) is 17.9 Å². The molecule has 4 heteroatoms. The monoisotopic (exact) mass is 238 g/mol. The lowest BCUT2D eigenvalue weighted by atomic mass is 9.92. The van der Waals surface area contributed by atoms with Crippen molar-refractivity contribution in [1.29, 1.82) is 0 Å². The van der Waals surface area contributed by atoms with Crippen molar-refractivity contribution in [2.45, 2.75) is 58.8 Å². The van der Waals surface area contributed by atoms with Gasteiger partial charge in [0.1, 0.15) is 0 Å². The molecule has 0 spiro atoms. The SMILES string of the molecule is CCCCCC(=O)Nc1cc(C(C)(C)C)no1. The highest BCUT2D eigenvalue weighted by molar-refractivity contribution is 5.89. The molecule has 0 aromatic carbocycles. The Balaban J connectivity index is 2.46. The van der Waals surface area contributed by atoms with Crippen molar-refractivity contribution in [2.75, 3.05) is 5.32 Å². The van der Waals surface area contributed by atoms with E-state index in [1.165, 1.54) is 0 Å². The topological polar surface area (TPSA) is 55.1 Å². The molecule has 1 aromatic heterocycles. The largest absolute Gasteiger partial charge is 0.338 e. The van der Waals surface area contributed by atoms with Gasteiger partial charge < -0.3 is 4.52 Å². The Morgan fingerprint density at radius 1 is 1.41 bits per heavy atom. The van der Waals surface area contributed by atoms with Crippen molar-refractivity contribution in [3.05, 3.63) is 11.8 Å². The number of carbonyl (C=O) groups excluding carboxylic acids is 1. The van der Waals surface area contributed by atoms with Gasteiger partial charge in [0.25, 0.3) is 0 Å². The number of anilines is 1. The minimum atomic E-state index is -0.0608. The average molecular weight is 238 g/mol. The number of aromatic nitrogens is 1. The number of nitrogens with zero attached hydrogens (tertiary/aromatic N) is 1. The summed E-state index contributed by atoms with van der Waals surface area (Å²) >= 11 is 0. The van der Waals surface area contributed by atoms with Crippen molar-refractivity contribution in [1.82, 2.24) is 5.16 Å². The number of rotatable bonds is 5. The van der Waals surface area contributed by atoms with Gasteiger partial charge >= 0.3 is 0 Å². The van der Waals surface area contributed by atoms with Crippen LogP contribution in [-0.4, -0.2) is 11.1 Å². The molecule has 1 heterocycles. The number of carbonyl (C=O) groups is 1. The highest BCUT2D eigenvalue weighted by atomic mass is 16.5. The van der Waals surface area contributed by atoms with Crippen LogP contribution in [0.3, 0.4) is 0 Å². The molecule has 0 bridgehead atoms. The molecule has 4 nitrogen and oxygen atoms in total. The number of hydrogen-bond donors (Lipinski definition) is 1. The van der Waals surface area contributed by atoms with Crippen molar-refractivity contribution in [3.8, 4) is 0 Å². The second-order valence-electron chi connectivity index (χ2n) is 5.33. The summed E-state index contributed by atoms with van der Waals surface area (Å²) in [6, 6.07) is 1.79. The zero-order chi connectivity index (χ0) is 12.9. The molecule has 1 aromatic rings. The third-order valence-corrected chi connectivity index (χ3v) is 2.55. The van der Waals surface area contributed by atoms with E-state index in [-0.39, 0.29) is 11.3 Å². The van der Waals surface area contributed by atoms with Crippen LogP contribution in [0, 0.1) is 0 Å². The van der Waals surface area contributed by atoms with Gasteiger partial charge in [-0.2, -0.15) is 0 Å². The summed E-state index contributed by atoms with van der Waals surface area (Å²) in [7, 11) is 0. The summed E-state index contributed by atoms with van der Waals surface area (Å²) in [5, 5.41) is 6.67. The summed E-state index contributed by atoms with van der Waals surface area (Å²) in [6.07, 6.45) is 3.66. The minimum Gasteiger partial charge on any atom is -0.338 e. The predicted octanol–water partition coefficient (Wildman–Crippen LogP) is 3.49. The van der Waals surface area contributed by atoms with E-state index in [4.69, 9.17) is 4.52 Å². The van der Waals surface area contributed by atoms with Crippen molar-refractivity contribution in [2.24, 2.45) is 0 Å².